The van der Waals surface area contributed by atoms with Crippen LogP contribution in [0, 0.1) is 0 Å². The SMILES string of the molecule is Cn1cc2ccccc2c1C=O. The monoisotopic (exact) mass is 159 g/mol. The molecule has 1 aromatic carbocycles. The number of benzene rings is 1. The van der Waals surface area contributed by atoms with E-state index in [1.54, 1.807) is 0 Å². The fraction of sp³-hybridized carbons (Fsp3) is 0.100. The number of aldehydes is 1. The lowest BCUT2D eigenvalue weighted by Crippen LogP contribution is -1.91. The van der Waals surface area contributed by atoms with E-state index in [1.165, 1.54) is 0 Å². The Balaban J connectivity index is 2.90. The first kappa shape index (κ1) is 7.10. The molecule has 0 N–H and O–H groups in total. The van der Waals surface area contributed by atoms with Gasteiger partial charge in [0, 0.05) is 24.0 Å². The molecular formula is C10H9NO. The minimum absolute atomic E-state index is 0.741. The molecule has 60 valence electrons. The largest absolute Gasteiger partial charge is 0.347 e. The van der Waals surface area contributed by atoms with E-state index in [9.17, 15) is 4.79 Å². The Labute approximate surface area is 70.4 Å². The van der Waals surface area contributed by atoms with Crippen LogP contribution >= 0.6 is 0 Å². The molecule has 0 amide bonds. The Bertz CT molecular complexity index is 428. The van der Waals surface area contributed by atoms with Crippen molar-refractivity contribution in [2.24, 2.45) is 7.05 Å². The molecule has 0 atom stereocenters. The zero-order chi connectivity index (χ0) is 8.55. The fourth-order valence-corrected chi connectivity index (χ4v) is 1.46. The Kier molecular flexibility index (Phi) is 1.47. The first-order chi connectivity index (χ1) is 5.83. The van der Waals surface area contributed by atoms with E-state index in [0.29, 0.717) is 0 Å². The highest BCUT2D eigenvalue weighted by Crippen LogP contribution is 2.17. The van der Waals surface area contributed by atoms with Crippen LogP contribution in [0.2, 0.25) is 0 Å². The van der Waals surface area contributed by atoms with Crippen molar-refractivity contribution in [3.63, 3.8) is 0 Å². The Morgan fingerprint density at radius 2 is 2.08 bits per heavy atom. The molecule has 12 heavy (non-hydrogen) atoms. The van der Waals surface area contributed by atoms with E-state index in [4.69, 9.17) is 0 Å². The molecule has 0 bridgehead atoms. The number of aryl methyl sites for hydroxylation is 1. The van der Waals surface area contributed by atoms with Gasteiger partial charge < -0.3 is 4.57 Å². The zero-order valence-electron chi connectivity index (χ0n) is 6.82. The van der Waals surface area contributed by atoms with Gasteiger partial charge in [-0.15, -0.1) is 0 Å². The van der Waals surface area contributed by atoms with Gasteiger partial charge in [-0.25, -0.2) is 0 Å². The third-order valence-electron chi connectivity index (χ3n) is 2.06. The van der Waals surface area contributed by atoms with Crippen LogP contribution in [0.3, 0.4) is 0 Å². The van der Waals surface area contributed by atoms with Gasteiger partial charge in [0.05, 0.1) is 5.69 Å². The summed E-state index contributed by atoms with van der Waals surface area (Å²) in [6.07, 6.45) is 2.85. The summed E-state index contributed by atoms with van der Waals surface area (Å²) < 4.78 is 1.84. The summed E-state index contributed by atoms with van der Waals surface area (Å²) in [7, 11) is 1.88. The van der Waals surface area contributed by atoms with Crippen molar-refractivity contribution in [2.75, 3.05) is 0 Å². The molecule has 0 aliphatic carbocycles. The molecule has 1 heterocycles. The van der Waals surface area contributed by atoms with Crippen LogP contribution in [0.5, 0.6) is 0 Å². The summed E-state index contributed by atoms with van der Waals surface area (Å²) in [6.45, 7) is 0. The Morgan fingerprint density at radius 3 is 2.83 bits per heavy atom. The highest BCUT2D eigenvalue weighted by atomic mass is 16.1. The number of carbonyl (C=O) groups excluding carboxylic acids is 1. The lowest BCUT2D eigenvalue weighted by Gasteiger charge is -1.91. The average Bonchev–Trinajstić information content (AvgIpc) is 2.40. The van der Waals surface area contributed by atoms with Crippen LogP contribution < -0.4 is 0 Å². The van der Waals surface area contributed by atoms with E-state index in [0.717, 1.165) is 22.8 Å². The van der Waals surface area contributed by atoms with E-state index >= 15 is 0 Å². The lowest BCUT2D eigenvalue weighted by molar-refractivity contribution is 0.111. The molecule has 2 heteroatoms. The van der Waals surface area contributed by atoms with E-state index in [-0.39, 0.29) is 0 Å². The Hall–Kier alpha value is -1.57. The number of fused-ring (bicyclic) bond motifs is 1. The number of hydrogen-bond donors (Lipinski definition) is 0. The van der Waals surface area contributed by atoms with Gasteiger partial charge in [0.1, 0.15) is 0 Å². The molecule has 0 saturated heterocycles. The minimum atomic E-state index is 0.741. The normalized spacial score (nSPS) is 10.4. The summed E-state index contributed by atoms with van der Waals surface area (Å²) >= 11 is 0. The third-order valence-corrected chi connectivity index (χ3v) is 2.06. The minimum Gasteiger partial charge on any atom is -0.347 e. The van der Waals surface area contributed by atoms with Crippen LogP contribution in [-0.4, -0.2) is 10.9 Å². The maximum Gasteiger partial charge on any atom is 0.167 e. The molecule has 0 unspecified atom stereocenters. The van der Waals surface area contributed by atoms with Crippen LogP contribution in [0.4, 0.5) is 0 Å². The van der Waals surface area contributed by atoms with Gasteiger partial charge in [-0.2, -0.15) is 0 Å². The fourth-order valence-electron chi connectivity index (χ4n) is 1.46. The molecule has 0 aliphatic heterocycles. The molecule has 2 aromatic rings. The molecule has 2 rings (SSSR count). The van der Waals surface area contributed by atoms with Crippen LogP contribution in [-0.2, 0) is 7.05 Å². The van der Waals surface area contributed by atoms with Crippen LogP contribution in [0.1, 0.15) is 10.5 Å². The van der Waals surface area contributed by atoms with Crippen molar-refractivity contribution < 1.29 is 4.79 Å². The summed E-state index contributed by atoms with van der Waals surface area (Å²) in [5.41, 5.74) is 0.741. The van der Waals surface area contributed by atoms with Gasteiger partial charge in [-0.05, 0) is 0 Å². The highest BCUT2D eigenvalue weighted by Gasteiger charge is 2.03. The third kappa shape index (κ3) is 0.848. The second kappa shape index (κ2) is 2.48. The van der Waals surface area contributed by atoms with Crippen molar-refractivity contribution >= 4 is 17.1 Å². The van der Waals surface area contributed by atoms with Gasteiger partial charge in [0.2, 0.25) is 0 Å². The van der Waals surface area contributed by atoms with Crippen LogP contribution in [0.15, 0.2) is 30.5 Å². The van der Waals surface area contributed by atoms with Crippen molar-refractivity contribution in [1.82, 2.24) is 4.57 Å². The van der Waals surface area contributed by atoms with E-state index in [1.807, 2.05) is 42.1 Å². The number of aromatic nitrogens is 1. The average molecular weight is 159 g/mol. The zero-order valence-corrected chi connectivity index (χ0v) is 6.82. The predicted octanol–water partition coefficient (Wildman–Crippen LogP) is 1.99. The van der Waals surface area contributed by atoms with E-state index in [2.05, 4.69) is 0 Å². The van der Waals surface area contributed by atoms with Crippen molar-refractivity contribution in [3.8, 4) is 0 Å². The van der Waals surface area contributed by atoms with Gasteiger partial charge in [-0.1, -0.05) is 24.3 Å². The molecule has 0 fully saturated rings. The summed E-state index contributed by atoms with van der Waals surface area (Å²) in [6, 6.07) is 7.87. The number of carbonyl (C=O) groups is 1. The summed E-state index contributed by atoms with van der Waals surface area (Å²) in [5, 5.41) is 2.14. The smallest absolute Gasteiger partial charge is 0.167 e. The van der Waals surface area contributed by atoms with Gasteiger partial charge >= 0.3 is 0 Å². The van der Waals surface area contributed by atoms with Crippen molar-refractivity contribution in [1.29, 1.82) is 0 Å². The van der Waals surface area contributed by atoms with Gasteiger partial charge in [0.15, 0.2) is 6.29 Å². The first-order valence-corrected chi connectivity index (χ1v) is 3.82. The Morgan fingerprint density at radius 1 is 1.33 bits per heavy atom. The van der Waals surface area contributed by atoms with Gasteiger partial charge in [-0.3, -0.25) is 4.79 Å². The summed E-state index contributed by atoms with van der Waals surface area (Å²) in [4.78, 5) is 10.7. The lowest BCUT2D eigenvalue weighted by atomic mass is 10.2. The molecule has 0 saturated carbocycles. The van der Waals surface area contributed by atoms with Crippen molar-refractivity contribution in [2.45, 2.75) is 0 Å². The summed E-state index contributed by atoms with van der Waals surface area (Å²) in [5.74, 6) is 0. The molecular weight excluding hydrogens is 150 g/mol. The molecule has 1 aromatic heterocycles. The molecule has 0 radical (unpaired) electrons. The maximum atomic E-state index is 10.7. The molecule has 0 aliphatic rings. The number of nitrogens with zero attached hydrogens (tertiary/aromatic N) is 1. The first-order valence-electron chi connectivity index (χ1n) is 3.82. The second-order valence-corrected chi connectivity index (χ2v) is 2.83. The second-order valence-electron chi connectivity index (χ2n) is 2.83. The maximum absolute atomic E-state index is 10.7. The van der Waals surface area contributed by atoms with Crippen LogP contribution in [0.25, 0.3) is 10.8 Å². The van der Waals surface area contributed by atoms with E-state index < -0.39 is 0 Å². The number of hydrogen-bond acceptors (Lipinski definition) is 1. The van der Waals surface area contributed by atoms with Gasteiger partial charge in [0.25, 0.3) is 0 Å². The molecule has 2 nitrogen and oxygen atoms in total. The van der Waals surface area contributed by atoms with Crippen molar-refractivity contribution in [3.05, 3.63) is 36.2 Å². The predicted molar refractivity (Wildman–Crippen MR) is 48.3 cm³/mol. The molecule has 0 spiro atoms. The number of rotatable bonds is 1. The quantitative estimate of drug-likeness (QED) is 0.583. The topological polar surface area (TPSA) is 22.0 Å². The highest BCUT2D eigenvalue weighted by molar-refractivity contribution is 5.97. The standard InChI is InChI=1S/C10H9NO/c1-11-6-8-4-2-3-5-9(8)10(11)7-12/h2-7H,1H3.